The summed E-state index contributed by atoms with van der Waals surface area (Å²) in [5, 5.41) is 6.47. The van der Waals surface area contributed by atoms with Gasteiger partial charge in [0.2, 0.25) is 0 Å². The minimum absolute atomic E-state index is 0.158. The molecule has 0 saturated heterocycles. The van der Waals surface area contributed by atoms with Gasteiger partial charge >= 0.3 is 0 Å². The first kappa shape index (κ1) is 24.1. The average Bonchev–Trinajstić information content (AvgIpc) is 3.45. The van der Waals surface area contributed by atoms with Crippen LogP contribution < -0.4 is 16.4 Å². The van der Waals surface area contributed by atoms with Gasteiger partial charge in [-0.25, -0.2) is 4.99 Å². The van der Waals surface area contributed by atoms with Gasteiger partial charge in [0, 0.05) is 54.4 Å². The highest BCUT2D eigenvalue weighted by Crippen LogP contribution is 2.50. The molecule has 38 heavy (non-hydrogen) atoms. The summed E-state index contributed by atoms with van der Waals surface area (Å²) < 4.78 is 7.35. The number of allylic oxidation sites excluding steroid dienone is 3. The summed E-state index contributed by atoms with van der Waals surface area (Å²) in [4.78, 5) is 18.8. The fourth-order valence-corrected chi connectivity index (χ4v) is 5.29. The normalized spacial score (nSPS) is 21.7. The van der Waals surface area contributed by atoms with E-state index in [9.17, 15) is 4.79 Å². The van der Waals surface area contributed by atoms with E-state index in [4.69, 9.17) is 15.5 Å². The number of carbonyl (C=O) groups excluding carboxylic acids is 1. The Kier molecular flexibility index (Phi) is 6.05. The highest BCUT2D eigenvalue weighted by Gasteiger charge is 2.45. The van der Waals surface area contributed by atoms with Gasteiger partial charge in [0.05, 0.1) is 23.8 Å². The van der Waals surface area contributed by atoms with Crippen molar-refractivity contribution in [1.29, 1.82) is 0 Å². The number of nitrogens with one attached hydrogen (secondary N) is 2. The summed E-state index contributed by atoms with van der Waals surface area (Å²) in [7, 11) is 1.66. The summed E-state index contributed by atoms with van der Waals surface area (Å²) >= 11 is 0. The zero-order valence-corrected chi connectivity index (χ0v) is 21.6. The van der Waals surface area contributed by atoms with Gasteiger partial charge in [0.1, 0.15) is 11.5 Å². The van der Waals surface area contributed by atoms with Crippen LogP contribution in [0.25, 0.3) is 5.70 Å². The predicted octanol–water partition coefficient (Wildman–Crippen LogP) is 4.75. The van der Waals surface area contributed by atoms with Crippen LogP contribution in [0.1, 0.15) is 53.4 Å². The third-order valence-corrected chi connectivity index (χ3v) is 7.61. The molecule has 192 valence electrons. The van der Waals surface area contributed by atoms with Crippen LogP contribution in [0.3, 0.4) is 0 Å². The molecule has 1 saturated carbocycles. The van der Waals surface area contributed by atoms with Gasteiger partial charge in [-0.1, -0.05) is 48.4 Å². The first-order valence-corrected chi connectivity index (χ1v) is 13.0. The molecule has 2 aromatic rings. The van der Waals surface area contributed by atoms with Crippen molar-refractivity contribution < 1.29 is 9.53 Å². The summed E-state index contributed by atoms with van der Waals surface area (Å²) in [5.41, 5.74) is 11.5. The molecule has 2 unspecified atom stereocenters. The Balaban J connectivity index is 1.46. The van der Waals surface area contributed by atoms with Crippen LogP contribution in [0.4, 0.5) is 11.5 Å². The number of rotatable bonds is 5. The summed E-state index contributed by atoms with van der Waals surface area (Å²) in [6.45, 7) is 2.70. The Morgan fingerprint density at radius 3 is 2.79 bits per heavy atom. The molecule has 2 aliphatic heterocycles. The SMILES string of the molecule is COCc1ccc(NC(=O)c2c3c(n(C4(C)CC4)c2C#CC2=CNC4C=CC=CC24)N=CCC=C3N)cc1. The third kappa shape index (κ3) is 4.27. The minimum Gasteiger partial charge on any atom is -0.398 e. The van der Waals surface area contributed by atoms with Crippen molar-refractivity contribution in [2.45, 2.75) is 44.4 Å². The molecule has 7 heteroatoms. The van der Waals surface area contributed by atoms with Crippen molar-refractivity contribution in [2.75, 3.05) is 12.4 Å². The van der Waals surface area contributed by atoms with Crippen LogP contribution in [0.5, 0.6) is 0 Å². The van der Waals surface area contributed by atoms with E-state index in [2.05, 4.69) is 52.2 Å². The molecular formula is C31H31N5O2. The van der Waals surface area contributed by atoms with Crippen molar-refractivity contribution >= 4 is 29.3 Å². The van der Waals surface area contributed by atoms with Crippen LogP contribution in [-0.2, 0) is 16.9 Å². The number of carbonyl (C=O) groups is 1. The minimum atomic E-state index is -0.251. The quantitative estimate of drug-likeness (QED) is 0.511. The van der Waals surface area contributed by atoms with Gasteiger partial charge in [-0.05, 0) is 43.4 Å². The van der Waals surface area contributed by atoms with Crippen LogP contribution >= 0.6 is 0 Å². The molecule has 1 amide bonds. The van der Waals surface area contributed by atoms with Crippen molar-refractivity contribution in [1.82, 2.24) is 9.88 Å². The second-order valence-electron chi connectivity index (χ2n) is 10.4. The van der Waals surface area contributed by atoms with E-state index >= 15 is 0 Å². The van der Waals surface area contributed by atoms with E-state index in [1.807, 2.05) is 48.8 Å². The van der Waals surface area contributed by atoms with Gasteiger partial charge in [-0.2, -0.15) is 0 Å². The van der Waals surface area contributed by atoms with Crippen molar-refractivity contribution in [3.63, 3.8) is 0 Å². The number of aliphatic imine (C=N–C) groups is 1. The predicted molar refractivity (Wildman–Crippen MR) is 151 cm³/mol. The number of benzene rings is 1. The number of nitrogens with zero attached hydrogens (tertiary/aromatic N) is 2. The van der Waals surface area contributed by atoms with E-state index < -0.39 is 0 Å². The Labute approximate surface area is 222 Å². The third-order valence-electron chi connectivity index (χ3n) is 7.61. The molecule has 2 atom stereocenters. The maximum atomic E-state index is 14.0. The first-order valence-electron chi connectivity index (χ1n) is 13.0. The Morgan fingerprint density at radius 1 is 1.24 bits per heavy atom. The highest BCUT2D eigenvalue weighted by molar-refractivity contribution is 6.11. The number of anilines is 1. The molecule has 1 aromatic heterocycles. The largest absolute Gasteiger partial charge is 0.398 e. The molecular weight excluding hydrogens is 474 g/mol. The van der Waals surface area contributed by atoms with E-state index in [0.717, 1.165) is 24.0 Å². The Hall–Kier alpha value is -4.28. The number of hydrogen-bond acceptors (Lipinski definition) is 5. The molecule has 4 aliphatic rings. The maximum absolute atomic E-state index is 14.0. The monoisotopic (exact) mass is 505 g/mol. The van der Waals surface area contributed by atoms with E-state index in [0.29, 0.717) is 47.1 Å². The zero-order valence-electron chi connectivity index (χ0n) is 21.6. The van der Waals surface area contributed by atoms with Crippen molar-refractivity contribution in [3.8, 4) is 11.8 Å². The zero-order chi connectivity index (χ0) is 26.3. The fraction of sp³-hybridized carbons (Fsp3) is 0.290. The van der Waals surface area contributed by atoms with Crippen molar-refractivity contribution in [3.05, 3.63) is 88.8 Å². The number of amides is 1. The lowest BCUT2D eigenvalue weighted by Crippen LogP contribution is -2.24. The fourth-order valence-electron chi connectivity index (χ4n) is 5.29. The molecule has 1 fully saturated rings. The molecule has 2 aliphatic carbocycles. The van der Waals surface area contributed by atoms with E-state index in [-0.39, 0.29) is 23.4 Å². The smallest absolute Gasteiger partial charge is 0.259 e. The van der Waals surface area contributed by atoms with Gasteiger partial charge in [0.25, 0.3) is 5.91 Å². The molecule has 3 heterocycles. The number of methoxy groups -OCH3 is 1. The summed E-state index contributed by atoms with van der Waals surface area (Å²) in [5.74, 6) is 7.43. The highest BCUT2D eigenvalue weighted by atomic mass is 16.5. The second-order valence-corrected chi connectivity index (χ2v) is 10.4. The van der Waals surface area contributed by atoms with Crippen LogP contribution in [0.2, 0.25) is 0 Å². The lowest BCUT2D eigenvalue weighted by Gasteiger charge is -2.17. The Morgan fingerprint density at radius 2 is 2.03 bits per heavy atom. The number of fused-ring (bicyclic) bond motifs is 2. The van der Waals surface area contributed by atoms with E-state index in [1.165, 1.54) is 0 Å². The maximum Gasteiger partial charge on any atom is 0.259 e. The second kappa shape index (κ2) is 9.55. The summed E-state index contributed by atoms with van der Waals surface area (Å²) in [6, 6.07) is 7.85. The van der Waals surface area contributed by atoms with Crippen LogP contribution in [0.15, 0.2) is 71.4 Å². The lowest BCUT2D eigenvalue weighted by molar-refractivity contribution is 0.102. The molecule has 1 aromatic carbocycles. The van der Waals surface area contributed by atoms with Crippen LogP contribution in [-0.4, -0.2) is 29.8 Å². The van der Waals surface area contributed by atoms with Crippen LogP contribution in [0, 0.1) is 17.8 Å². The number of ether oxygens (including phenoxy) is 1. The lowest BCUT2D eigenvalue weighted by atomic mass is 9.91. The molecule has 0 spiro atoms. The van der Waals surface area contributed by atoms with Gasteiger partial charge in [0.15, 0.2) is 0 Å². The van der Waals surface area contributed by atoms with Gasteiger partial charge < -0.3 is 25.7 Å². The molecule has 6 rings (SSSR count). The first-order chi connectivity index (χ1) is 18.5. The number of aromatic nitrogens is 1. The van der Waals surface area contributed by atoms with Crippen molar-refractivity contribution in [2.24, 2.45) is 16.6 Å². The standard InChI is InChI=1S/C31H31N5O2/c1-31(15-16-31)36-26(14-11-21-18-34-25-8-4-3-6-23(21)25)28(27-24(32)7-5-17-33-29(27)36)30(37)35-22-12-9-20(10-13-22)19-38-2/h3-4,6-10,12-13,17-18,23,25,34H,5,15-16,19,32H2,1-2H3,(H,35,37). The molecule has 7 nitrogen and oxygen atoms in total. The molecule has 4 N–H and O–H groups in total. The molecule has 0 bridgehead atoms. The number of nitrogens with two attached hydrogens (primary N) is 1. The van der Waals surface area contributed by atoms with Gasteiger partial charge in [-0.15, -0.1) is 0 Å². The summed E-state index contributed by atoms with van der Waals surface area (Å²) in [6.07, 6.45) is 16.7. The number of hydrogen-bond donors (Lipinski definition) is 3. The topological polar surface area (TPSA) is 93.7 Å². The van der Waals surface area contributed by atoms with Gasteiger partial charge in [-0.3, -0.25) is 4.79 Å². The Bertz CT molecular complexity index is 1500. The van der Waals surface area contributed by atoms with E-state index in [1.54, 1.807) is 7.11 Å². The average molecular weight is 506 g/mol. The molecule has 0 radical (unpaired) electrons.